The second kappa shape index (κ2) is 17.1. The van der Waals surface area contributed by atoms with E-state index in [1.807, 2.05) is 0 Å². The van der Waals surface area contributed by atoms with Gasteiger partial charge in [-0.2, -0.15) is 13.2 Å². The minimum atomic E-state index is -4.76. The Morgan fingerprint density at radius 3 is 1.95 bits per heavy atom. The van der Waals surface area contributed by atoms with Crippen molar-refractivity contribution < 1.29 is 41.9 Å². The van der Waals surface area contributed by atoms with Gasteiger partial charge in [-0.25, -0.2) is 9.59 Å². The minimum absolute atomic E-state index is 0.0416. The molecule has 0 aliphatic heterocycles. The topological polar surface area (TPSA) is 105 Å². The van der Waals surface area contributed by atoms with E-state index in [2.05, 4.69) is 11.3 Å². The molecular formula is C26H34F3NO7. The average molecular weight is 530 g/mol. The van der Waals surface area contributed by atoms with Gasteiger partial charge in [-0.3, -0.25) is 10.1 Å². The largest absolute Gasteiger partial charge is 0.490 e. The normalized spacial score (nSPS) is 11.4. The second-order valence-electron chi connectivity index (χ2n) is 8.34. The first-order chi connectivity index (χ1) is 17.6. The number of hydrogen-bond acceptors (Lipinski definition) is 7. The Morgan fingerprint density at radius 2 is 1.46 bits per heavy atom. The van der Waals surface area contributed by atoms with E-state index in [9.17, 15) is 32.9 Å². The van der Waals surface area contributed by atoms with Crippen LogP contribution in [0, 0.1) is 10.1 Å². The summed E-state index contributed by atoms with van der Waals surface area (Å²) in [6.45, 7) is 2.97. The summed E-state index contributed by atoms with van der Waals surface area (Å²) >= 11 is 0. The van der Waals surface area contributed by atoms with Gasteiger partial charge in [0.25, 0.3) is 0 Å². The van der Waals surface area contributed by atoms with Crippen LogP contribution in [-0.2, 0) is 19.1 Å². The zero-order valence-corrected chi connectivity index (χ0v) is 21.0. The van der Waals surface area contributed by atoms with Crippen molar-refractivity contribution in [3.63, 3.8) is 0 Å². The van der Waals surface area contributed by atoms with Gasteiger partial charge in [0.05, 0.1) is 25.2 Å². The lowest BCUT2D eigenvalue weighted by Gasteiger charge is -2.09. The second-order valence-corrected chi connectivity index (χ2v) is 8.34. The molecule has 206 valence electrons. The molecule has 37 heavy (non-hydrogen) atoms. The van der Waals surface area contributed by atoms with Gasteiger partial charge in [0.15, 0.2) is 5.75 Å². The van der Waals surface area contributed by atoms with Crippen molar-refractivity contribution >= 4 is 23.7 Å². The maximum absolute atomic E-state index is 12.3. The van der Waals surface area contributed by atoms with Crippen LogP contribution in [0.15, 0.2) is 36.4 Å². The molecule has 0 aliphatic rings. The van der Waals surface area contributed by atoms with E-state index in [1.165, 1.54) is 37.5 Å². The Kier molecular flexibility index (Phi) is 14.7. The van der Waals surface area contributed by atoms with Gasteiger partial charge in [0.1, 0.15) is 5.57 Å². The van der Waals surface area contributed by atoms with E-state index in [0.29, 0.717) is 18.6 Å². The van der Waals surface area contributed by atoms with Crippen molar-refractivity contribution in [2.45, 2.75) is 70.4 Å². The van der Waals surface area contributed by atoms with Crippen molar-refractivity contribution in [3.8, 4) is 5.75 Å². The van der Waals surface area contributed by atoms with Crippen LogP contribution in [0.1, 0.15) is 69.8 Å². The Balaban J connectivity index is 2.01. The monoisotopic (exact) mass is 529 g/mol. The molecule has 8 nitrogen and oxygen atoms in total. The molecule has 0 fully saturated rings. The molecule has 11 heteroatoms. The van der Waals surface area contributed by atoms with Crippen molar-refractivity contribution in [2.75, 3.05) is 20.3 Å². The van der Waals surface area contributed by atoms with E-state index in [-0.39, 0.29) is 18.0 Å². The molecule has 0 amide bonds. The fourth-order valence-corrected chi connectivity index (χ4v) is 3.32. The van der Waals surface area contributed by atoms with Gasteiger partial charge in [0, 0.05) is 12.1 Å². The van der Waals surface area contributed by atoms with Crippen LogP contribution in [0.2, 0.25) is 0 Å². The lowest BCUT2D eigenvalue weighted by atomic mass is 10.1. The smallest absolute Gasteiger partial charge is 0.422 e. The van der Waals surface area contributed by atoms with Crippen molar-refractivity contribution in [1.29, 1.82) is 0 Å². The molecule has 0 unspecified atom stereocenters. The number of nitrogens with zero attached hydrogens (tertiary/aromatic N) is 1. The van der Waals surface area contributed by atoms with Gasteiger partial charge in [-0.1, -0.05) is 57.9 Å². The molecule has 0 N–H and O–H groups in total. The predicted octanol–water partition coefficient (Wildman–Crippen LogP) is 6.72. The summed E-state index contributed by atoms with van der Waals surface area (Å²) in [5.41, 5.74) is -1.06. The summed E-state index contributed by atoms with van der Waals surface area (Å²) in [7, 11) is 1.34. The number of alkyl halides is 3. The van der Waals surface area contributed by atoms with Gasteiger partial charge in [0.2, 0.25) is 0 Å². The number of methoxy groups -OCH3 is 1. The van der Waals surface area contributed by atoms with Crippen LogP contribution in [-0.4, -0.2) is 43.4 Å². The third-order valence-corrected chi connectivity index (χ3v) is 5.42. The van der Waals surface area contributed by atoms with Crippen molar-refractivity contribution in [2.24, 2.45) is 0 Å². The van der Waals surface area contributed by atoms with Crippen LogP contribution in [0.5, 0.6) is 5.75 Å². The standard InChI is InChI=1S/C26H34F3NO7/c1-20(26(27,28)29)25(32)37-18-12-10-8-6-4-3-5-7-9-11-17-36-24(31)16-14-21-13-15-22(30(33)34)23(19-21)35-2/h13-16,19H,1,3-12,17-18H2,2H3/b16-14+. The summed E-state index contributed by atoms with van der Waals surface area (Å²) in [6, 6.07) is 4.30. The zero-order valence-electron chi connectivity index (χ0n) is 21.0. The number of benzene rings is 1. The van der Waals surface area contributed by atoms with E-state index < -0.39 is 28.6 Å². The van der Waals surface area contributed by atoms with Crippen LogP contribution in [0.3, 0.4) is 0 Å². The summed E-state index contributed by atoms with van der Waals surface area (Å²) in [5, 5.41) is 10.9. The molecule has 0 aliphatic carbocycles. The third-order valence-electron chi connectivity index (χ3n) is 5.42. The van der Waals surface area contributed by atoms with E-state index in [4.69, 9.17) is 9.47 Å². The summed E-state index contributed by atoms with van der Waals surface area (Å²) in [5.74, 6) is -1.79. The number of ether oxygens (including phenoxy) is 3. The highest BCUT2D eigenvalue weighted by atomic mass is 19.4. The summed E-state index contributed by atoms with van der Waals surface area (Å²) < 4.78 is 51.6. The van der Waals surface area contributed by atoms with Gasteiger partial charge >= 0.3 is 23.8 Å². The Bertz CT molecular complexity index is 929. The molecule has 0 saturated heterocycles. The lowest BCUT2D eigenvalue weighted by molar-refractivity contribution is -0.385. The first kappa shape index (κ1) is 31.7. The highest BCUT2D eigenvalue weighted by Gasteiger charge is 2.37. The molecule has 1 aromatic carbocycles. The highest BCUT2D eigenvalue weighted by Crippen LogP contribution is 2.28. The number of esters is 2. The molecule has 0 radical (unpaired) electrons. The Labute approximate surface area is 214 Å². The molecule has 0 bridgehead atoms. The molecule has 0 aromatic heterocycles. The van der Waals surface area contributed by atoms with Crippen molar-refractivity contribution in [1.82, 2.24) is 0 Å². The number of hydrogen-bond donors (Lipinski definition) is 0. The van der Waals surface area contributed by atoms with E-state index >= 15 is 0 Å². The lowest BCUT2D eigenvalue weighted by Crippen LogP contribution is -2.21. The molecule has 0 heterocycles. The predicted molar refractivity (Wildman–Crippen MR) is 132 cm³/mol. The first-order valence-corrected chi connectivity index (χ1v) is 12.2. The summed E-state index contributed by atoms with van der Waals surface area (Å²) in [4.78, 5) is 33.4. The van der Waals surface area contributed by atoms with Crippen LogP contribution >= 0.6 is 0 Å². The quantitative estimate of drug-likeness (QED) is 0.0683. The number of carbonyl (C=O) groups excluding carboxylic acids is 2. The number of halogens is 3. The number of nitro benzene ring substituents is 1. The minimum Gasteiger partial charge on any atom is -0.490 e. The van der Waals surface area contributed by atoms with Crippen LogP contribution in [0.4, 0.5) is 18.9 Å². The molecule has 0 atom stereocenters. The van der Waals surface area contributed by atoms with Gasteiger partial charge in [-0.15, -0.1) is 0 Å². The molecule has 1 aromatic rings. The molecule has 0 spiro atoms. The van der Waals surface area contributed by atoms with Crippen LogP contribution < -0.4 is 4.74 Å². The van der Waals surface area contributed by atoms with Crippen LogP contribution in [0.25, 0.3) is 6.08 Å². The number of unbranched alkanes of at least 4 members (excludes halogenated alkanes) is 9. The highest BCUT2D eigenvalue weighted by molar-refractivity contribution is 5.89. The van der Waals surface area contributed by atoms with Gasteiger partial charge in [-0.05, 0) is 36.6 Å². The zero-order chi connectivity index (χ0) is 27.7. The Morgan fingerprint density at radius 1 is 0.946 bits per heavy atom. The number of carbonyl (C=O) groups is 2. The van der Waals surface area contributed by atoms with E-state index in [0.717, 1.165) is 57.8 Å². The Hall–Kier alpha value is -3.37. The number of rotatable bonds is 18. The van der Waals surface area contributed by atoms with E-state index in [1.54, 1.807) is 0 Å². The fraction of sp³-hybridized carbons (Fsp3) is 0.538. The molecular weight excluding hydrogens is 495 g/mol. The van der Waals surface area contributed by atoms with Crippen molar-refractivity contribution in [3.05, 3.63) is 52.1 Å². The SMILES string of the molecule is C=C(C(=O)OCCCCCCCCCCCCOC(=O)/C=C/c1ccc([N+](=O)[O-])c(OC)c1)C(F)(F)F. The fourth-order valence-electron chi connectivity index (χ4n) is 3.32. The third kappa shape index (κ3) is 13.5. The maximum atomic E-state index is 12.3. The first-order valence-electron chi connectivity index (χ1n) is 12.2. The summed E-state index contributed by atoms with van der Waals surface area (Å²) in [6.07, 6.45) is 7.15. The molecule has 1 rings (SSSR count). The maximum Gasteiger partial charge on any atom is 0.422 e. The average Bonchev–Trinajstić information content (AvgIpc) is 2.86. The van der Waals surface area contributed by atoms with Gasteiger partial charge < -0.3 is 14.2 Å². The molecule has 0 saturated carbocycles. The number of nitro groups is 1.